The molecule has 6 nitrogen and oxygen atoms in total. The van der Waals surface area contributed by atoms with Crippen LogP contribution >= 0.6 is 11.6 Å². The minimum absolute atomic E-state index is 0.0821. The highest BCUT2D eigenvalue weighted by Gasteiger charge is 2.28. The van der Waals surface area contributed by atoms with Crippen LogP contribution in [-0.2, 0) is 0 Å². The van der Waals surface area contributed by atoms with Crippen molar-refractivity contribution in [3.05, 3.63) is 71.2 Å². The molecule has 176 valence electrons. The first kappa shape index (κ1) is 22.6. The second-order valence-electron chi connectivity index (χ2n) is 8.60. The van der Waals surface area contributed by atoms with Crippen LogP contribution in [0.15, 0.2) is 60.7 Å². The van der Waals surface area contributed by atoms with Gasteiger partial charge in [0.15, 0.2) is 0 Å². The molecule has 2 aliphatic rings. The lowest BCUT2D eigenvalue weighted by atomic mass is 10.0. The Bertz CT molecular complexity index is 1200. The van der Waals surface area contributed by atoms with Gasteiger partial charge in [-0.2, -0.15) is 0 Å². The van der Waals surface area contributed by atoms with Gasteiger partial charge in [-0.05, 0) is 61.0 Å². The molecule has 5 rings (SSSR count). The molecule has 2 aliphatic heterocycles. The first-order chi connectivity index (χ1) is 16.6. The number of benzene rings is 3. The van der Waals surface area contributed by atoms with Crippen LogP contribution in [0.4, 0.5) is 11.4 Å². The zero-order valence-electron chi connectivity index (χ0n) is 19.4. The van der Waals surface area contributed by atoms with E-state index in [0.717, 1.165) is 47.8 Å². The maximum atomic E-state index is 13.5. The summed E-state index contributed by atoms with van der Waals surface area (Å²) < 4.78 is 11.7. The number of likely N-dealkylation sites (N-methyl/N-ethyl adjacent to an activating group) is 1. The number of hydrogen-bond acceptors (Lipinski definition) is 5. The van der Waals surface area contributed by atoms with Crippen LogP contribution in [0.25, 0.3) is 11.1 Å². The van der Waals surface area contributed by atoms with Gasteiger partial charge in [-0.15, -0.1) is 0 Å². The van der Waals surface area contributed by atoms with Crippen molar-refractivity contribution in [2.24, 2.45) is 0 Å². The lowest BCUT2D eigenvalue weighted by Crippen LogP contribution is -2.32. The number of carbonyl (C=O) groups is 1. The fraction of sp³-hybridized carbons (Fsp3) is 0.296. The van der Waals surface area contributed by atoms with E-state index >= 15 is 0 Å². The molecule has 1 N–H and O–H groups in total. The number of ether oxygens (including phenoxy) is 2. The predicted molar refractivity (Wildman–Crippen MR) is 137 cm³/mol. The molecule has 3 aromatic carbocycles. The molecule has 0 radical (unpaired) electrons. The molecule has 0 spiro atoms. The molecule has 34 heavy (non-hydrogen) atoms. The van der Waals surface area contributed by atoms with Crippen molar-refractivity contribution in [2.45, 2.75) is 12.5 Å². The van der Waals surface area contributed by atoms with Crippen molar-refractivity contribution in [1.29, 1.82) is 0 Å². The van der Waals surface area contributed by atoms with Crippen molar-refractivity contribution in [3.8, 4) is 22.6 Å². The fourth-order valence-corrected chi connectivity index (χ4v) is 4.82. The zero-order valence-corrected chi connectivity index (χ0v) is 20.1. The highest BCUT2D eigenvalue weighted by molar-refractivity contribution is 6.30. The summed E-state index contributed by atoms with van der Waals surface area (Å²) >= 11 is 6.02. The van der Waals surface area contributed by atoms with E-state index in [9.17, 15) is 4.79 Å². The minimum atomic E-state index is -0.0821. The summed E-state index contributed by atoms with van der Waals surface area (Å²) in [5.41, 5.74) is 4.40. The van der Waals surface area contributed by atoms with Crippen LogP contribution in [0.2, 0.25) is 5.02 Å². The van der Waals surface area contributed by atoms with Gasteiger partial charge in [-0.1, -0.05) is 29.8 Å². The normalized spacial score (nSPS) is 17.9. The number of carbonyl (C=O) groups excluding carboxylic acids is 1. The number of nitrogens with one attached hydrogen (secondary N) is 1. The first-order valence-corrected chi connectivity index (χ1v) is 11.9. The molecular weight excluding hydrogens is 450 g/mol. The van der Waals surface area contributed by atoms with Crippen LogP contribution in [0.5, 0.6) is 11.5 Å². The van der Waals surface area contributed by atoms with Gasteiger partial charge in [0.05, 0.1) is 24.9 Å². The first-order valence-electron chi connectivity index (χ1n) is 11.5. The molecule has 1 amide bonds. The van der Waals surface area contributed by atoms with Crippen molar-refractivity contribution >= 4 is 28.9 Å². The number of hydrogen-bond donors (Lipinski definition) is 1. The van der Waals surface area contributed by atoms with Crippen LogP contribution in [-0.4, -0.2) is 52.3 Å². The van der Waals surface area contributed by atoms with E-state index in [2.05, 4.69) is 16.3 Å². The van der Waals surface area contributed by atoms with E-state index in [1.54, 1.807) is 12.0 Å². The molecule has 1 unspecified atom stereocenters. The maximum absolute atomic E-state index is 13.5. The largest absolute Gasteiger partial charge is 0.495 e. The number of rotatable bonds is 5. The van der Waals surface area contributed by atoms with Gasteiger partial charge in [-0.3, -0.25) is 4.79 Å². The van der Waals surface area contributed by atoms with Gasteiger partial charge in [0, 0.05) is 35.9 Å². The third kappa shape index (κ3) is 4.31. The van der Waals surface area contributed by atoms with E-state index in [1.807, 2.05) is 61.6 Å². The molecule has 2 heterocycles. The highest BCUT2D eigenvalue weighted by Crippen LogP contribution is 2.37. The zero-order chi connectivity index (χ0) is 23.7. The summed E-state index contributed by atoms with van der Waals surface area (Å²) in [5.74, 6) is 1.28. The molecule has 0 saturated carbocycles. The van der Waals surface area contributed by atoms with Crippen LogP contribution in [0.1, 0.15) is 16.8 Å². The minimum Gasteiger partial charge on any atom is -0.495 e. The van der Waals surface area contributed by atoms with E-state index < -0.39 is 0 Å². The van der Waals surface area contributed by atoms with Gasteiger partial charge >= 0.3 is 0 Å². The fourth-order valence-electron chi connectivity index (χ4n) is 4.69. The molecular formula is C27H28ClN3O3. The monoisotopic (exact) mass is 477 g/mol. The second-order valence-corrected chi connectivity index (χ2v) is 9.04. The lowest BCUT2D eigenvalue weighted by molar-refractivity contribution is 0.0990. The Morgan fingerprint density at radius 2 is 1.82 bits per heavy atom. The summed E-state index contributed by atoms with van der Waals surface area (Å²) in [6.07, 6.45) is 1.10. The topological polar surface area (TPSA) is 54.0 Å². The maximum Gasteiger partial charge on any atom is 0.262 e. The van der Waals surface area contributed by atoms with E-state index in [4.69, 9.17) is 21.1 Å². The molecule has 1 fully saturated rings. The molecule has 0 aliphatic carbocycles. The summed E-state index contributed by atoms with van der Waals surface area (Å²) in [6.45, 7) is 2.77. The van der Waals surface area contributed by atoms with Crippen molar-refractivity contribution in [3.63, 3.8) is 0 Å². The summed E-state index contributed by atoms with van der Waals surface area (Å²) in [5, 5.41) is 4.04. The van der Waals surface area contributed by atoms with Gasteiger partial charge in [-0.25, -0.2) is 0 Å². The molecule has 1 saturated heterocycles. The third-order valence-electron chi connectivity index (χ3n) is 6.62. The number of anilines is 2. The van der Waals surface area contributed by atoms with Gasteiger partial charge in [0.1, 0.15) is 18.1 Å². The summed E-state index contributed by atoms with van der Waals surface area (Å²) in [7, 11) is 3.67. The van der Waals surface area contributed by atoms with Crippen molar-refractivity contribution in [2.75, 3.05) is 50.2 Å². The van der Waals surface area contributed by atoms with Crippen molar-refractivity contribution in [1.82, 2.24) is 5.32 Å². The van der Waals surface area contributed by atoms with E-state index in [1.165, 1.54) is 0 Å². The molecule has 7 heteroatoms. The molecule has 1 atom stereocenters. The Morgan fingerprint density at radius 1 is 1.03 bits per heavy atom. The SMILES string of the molecule is CNC1CCN(c2ccc(N3CCOc4cc(-c5ccc(Cl)cc5)ccc4C3=O)cc2OC)C1. The smallest absolute Gasteiger partial charge is 0.262 e. The number of fused-ring (bicyclic) bond motifs is 1. The third-order valence-corrected chi connectivity index (χ3v) is 6.87. The number of nitrogens with zero attached hydrogens (tertiary/aromatic N) is 2. The summed E-state index contributed by atoms with van der Waals surface area (Å²) in [6, 6.07) is 19.8. The van der Waals surface area contributed by atoms with E-state index in [0.29, 0.717) is 35.5 Å². The Kier molecular flexibility index (Phi) is 6.35. The number of methoxy groups -OCH3 is 1. The van der Waals surface area contributed by atoms with Gasteiger partial charge < -0.3 is 24.6 Å². The average molecular weight is 478 g/mol. The number of amides is 1. The second kappa shape index (κ2) is 9.57. The average Bonchev–Trinajstić information content (AvgIpc) is 3.29. The lowest BCUT2D eigenvalue weighted by Gasteiger charge is -2.25. The molecule has 3 aromatic rings. The highest BCUT2D eigenvalue weighted by atomic mass is 35.5. The van der Waals surface area contributed by atoms with Crippen LogP contribution in [0.3, 0.4) is 0 Å². The standard InChI is InChI=1S/C27H28ClN3O3/c1-29-21-11-12-30(17-21)24-10-8-22(16-26(24)33-2)31-13-14-34-25-15-19(5-9-23(25)27(31)32)18-3-6-20(28)7-4-18/h3-10,15-16,21,29H,11-14,17H2,1-2H3. The van der Waals surface area contributed by atoms with Crippen molar-refractivity contribution < 1.29 is 14.3 Å². The Hall–Kier alpha value is -3.22. The van der Waals surface area contributed by atoms with Crippen LogP contribution in [0, 0.1) is 0 Å². The Morgan fingerprint density at radius 3 is 2.56 bits per heavy atom. The Labute approximate surface area is 205 Å². The molecule has 0 aromatic heterocycles. The Balaban J connectivity index is 1.42. The number of halogens is 1. The van der Waals surface area contributed by atoms with Gasteiger partial charge in [0.25, 0.3) is 5.91 Å². The van der Waals surface area contributed by atoms with Crippen LogP contribution < -0.4 is 24.6 Å². The van der Waals surface area contributed by atoms with E-state index in [-0.39, 0.29) is 5.91 Å². The quantitative estimate of drug-likeness (QED) is 0.569. The predicted octanol–water partition coefficient (Wildman–Crippen LogP) is 4.85. The molecule has 0 bridgehead atoms. The van der Waals surface area contributed by atoms with Gasteiger partial charge in [0.2, 0.25) is 0 Å². The summed E-state index contributed by atoms with van der Waals surface area (Å²) in [4.78, 5) is 17.6.